The van der Waals surface area contributed by atoms with Crippen LogP contribution in [-0.4, -0.2) is 59.5 Å². The van der Waals surface area contributed by atoms with Crippen molar-refractivity contribution in [2.45, 2.75) is 66.4 Å². The Morgan fingerprint density at radius 1 is 0.250 bits per heavy atom. The van der Waals surface area contributed by atoms with Gasteiger partial charge in [-0.05, 0) is 0 Å². The van der Waals surface area contributed by atoms with Crippen LogP contribution < -0.4 is 0 Å². The third-order valence-electron chi connectivity index (χ3n) is 3.67. The van der Waals surface area contributed by atoms with Gasteiger partial charge < -0.3 is 0 Å². The maximum Gasteiger partial charge on any atom is 0.460 e. The molecule has 0 aliphatic rings. The molecule has 0 saturated heterocycles. The van der Waals surface area contributed by atoms with Crippen molar-refractivity contribution in [3.63, 3.8) is 0 Å². The molecule has 0 heterocycles. The number of rotatable bonds is 8. The largest absolute Gasteiger partial charge is 0.460 e. The fourth-order valence-electron chi connectivity index (χ4n) is 1.64. The minimum Gasteiger partial charge on any atom is -0.200 e. The fourth-order valence-corrected chi connectivity index (χ4v) is 1.64. The van der Waals surface area contributed by atoms with Gasteiger partial charge in [-0.1, -0.05) is 0 Å². The molecule has 0 rings (SSSR count). The molecule has 0 aliphatic heterocycles. The highest BCUT2D eigenvalue weighted by Crippen LogP contribution is 2.66. The summed E-state index contributed by atoms with van der Waals surface area (Å²) in [4.78, 5) is 0. The molecule has 0 saturated carbocycles. The van der Waals surface area contributed by atoms with Crippen molar-refractivity contribution >= 4 is 0 Å². The van der Waals surface area contributed by atoms with Crippen molar-refractivity contribution in [2.24, 2.45) is 0 Å². The van der Waals surface area contributed by atoms with Crippen molar-refractivity contribution in [1.82, 2.24) is 0 Å². The zero-order chi connectivity index (χ0) is 27.0. The van der Waals surface area contributed by atoms with Crippen LogP contribution in [-0.2, 0) is 0 Å². The second-order valence-electron chi connectivity index (χ2n) is 5.98. The summed E-state index contributed by atoms with van der Waals surface area (Å²) < 4.78 is 268. The zero-order valence-electron chi connectivity index (χ0n) is 13.9. The van der Waals surface area contributed by atoms with Gasteiger partial charge >= 0.3 is 59.5 Å². The lowest BCUT2D eigenvalue weighted by atomic mass is 9.86. The highest BCUT2D eigenvalue weighted by Gasteiger charge is 2.97. The maximum absolute atomic E-state index is 13.2. The maximum atomic E-state index is 13.2. The van der Waals surface area contributed by atoms with E-state index in [1.165, 1.54) is 0 Å². The van der Waals surface area contributed by atoms with E-state index in [1.807, 2.05) is 0 Å². The van der Waals surface area contributed by atoms with Gasteiger partial charge in [-0.2, -0.15) is 92.2 Å². The number of hydrogen-bond donors (Lipinski definition) is 0. The van der Waals surface area contributed by atoms with Crippen molar-refractivity contribution in [3.8, 4) is 0 Å². The Balaban J connectivity index is 7.00. The molecule has 0 amide bonds. The van der Waals surface area contributed by atoms with Gasteiger partial charge in [0, 0.05) is 6.92 Å². The quantitative estimate of drug-likeness (QED) is 0.287. The van der Waals surface area contributed by atoms with Crippen LogP contribution in [0.1, 0.15) is 6.92 Å². The van der Waals surface area contributed by atoms with Crippen LogP contribution in [0.2, 0.25) is 0 Å². The Kier molecular flexibility index (Phi) is 6.69. The van der Waals surface area contributed by atoms with E-state index in [4.69, 9.17) is 0 Å². The molecule has 0 bridgehead atoms. The molecule has 0 fully saturated rings. The first-order valence-corrected chi connectivity index (χ1v) is 6.72. The van der Waals surface area contributed by atoms with Gasteiger partial charge in [-0.3, -0.25) is 0 Å². The van der Waals surface area contributed by atoms with E-state index >= 15 is 0 Å². The van der Waals surface area contributed by atoms with E-state index in [9.17, 15) is 92.2 Å². The summed E-state index contributed by atoms with van der Waals surface area (Å²) in [6.07, 6.45) is -7.98. The highest BCUT2D eigenvalue weighted by molar-refractivity contribution is 5.17. The van der Waals surface area contributed by atoms with Crippen LogP contribution in [0.15, 0.2) is 0 Å². The molecule has 0 N–H and O–H groups in total. The van der Waals surface area contributed by atoms with E-state index in [0.29, 0.717) is 0 Å². The Labute approximate surface area is 160 Å². The second kappa shape index (κ2) is 7.02. The number of alkyl halides is 21. The Hall–Kier alpha value is -1.47. The lowest BCUT2D eigenvalue weighted by Crippen LogP contribution is -2.76. The molecule has 0 aromatic rings. The van der Waals surface area contributed by atoms with Gasteiger partial charge in [-0.25, -0.2) is 0 Å². The van der Waals surface area contributed by atoms with Crippen LogP contribution in [0.4, 0.5) is 92.2 Å². The summed E-state index contributed by atoms with van der Waals surface area (Å²) >= 11 is 0. The Bertz CT molecular complexity index is 628. The minimum atomic E-state index is -9.12. The molecule has 0 nitrogen and oxygen atoms in total. The van der Waals surface area contributed by atoms with E-state index < -0.39 is 66.4 Å². The summed E-state index contributed by atoms with van der Waals surface area (Å²) in [6, 6.07) is 0. The van der Waals surface area contributed by atoms with Crippen molar-refractivity contribution < 1.29 is 92.2 Å². The average Bonchev–Trinajstić information content (AvgIpc) is 2.51. The molecule has 0 radical (unpaired) electrons. The summed E-state index contributed by atoms with van der Waals surface area (Å²) in [5.74, 6) is -76.2. The number of hydrogen-bond acceptors (Lipinski definition) is 0. The Morgan fingerprint density at radius 2 is 0.406 bits per heavy atom. The lowest BCUT2D eigenvalue weighted by Gasteiger charge is -2.44. The van der Waals surface area contributed by atoms with Gasteiger partial charge in [0.2, 0.25) is 0 Å². The Morgan fingerprint density at radius 3 is 0.562 bits per heavy atom. The average molecular weight is 534 g/mol. The van der Waals surface area contributed by atoms with Gasteiger partial charge in [0.05, 0.1) is 0 Å². The van der Waals surface area contributed by atoms with E-state index in [-0.39, 0.29) is 0 Å². The summed E-state index contributed by atoms with van der Waals surface area (Å²) in [5.41, 5.74) is 0. The van der Waals surface area contributed by atoms with Crippen molar-refractivity contribution in [2.75, 3.05) is 0 Å². The van der Waals surface area contributed by atoms with Gasteiger partial charge in [0.15, 0.2) is 0 Å². The normalized spacial score (nSPS) is 17.1. The van der Waals surface area contributed by atoms with Gasteiger partial charge in [0.25, 0.3) is 0 Å². The molecule has 21 heteroatoms. The van der Waals surface area contributed by atoms with Gasteiger partial charge in [-0.15, -0.1) is 0 Å². The van der Waals surface area contributed by atoms with Crippen molar-refractivity contribution in [1.29, 1.82) is 0 Å². The third-order valence-corrected chi connectivity index (χ3v) is 3.67. The SMILES string of the molecule is CC(F)(F)C(F)(F)C(F)(F)C(F)(F)C(F)(F)C(F)(F)C(F)(F)C(F)(F)C(F)(F)C(F)(F)F. The second-order valence-corrected chi connectivity index (χ2v) is 5.98. The predicted molar refractivity (Wildman–Crippen MR) is 56.3 cm³/mol. The van der Waals surface area contributed by atoms with Crippen LogP contribution in [0.5, 0.6) is 0 Å². The predicted octanol–water partition coefficient (Wildman–Crippen LogP) is 7.29. The lowest BCUT2D eigenvalue weighted by molar-refractivity contribution is -0.473. The first-order chi connectivity index (χ1) is 13.2. The van der Waals surface area contributed by atoms with E-state index in [0.717, 1.165) is 0 Å². The number of halogens is 21. The van der Waals surface area contributed by atoms with Gasteiger partial charge in [0.1, 0.15) is 0 Å². The molecular weight excluding hydrogens is 531 g/mol. The standard InChI is InChI=1S/C11H3F21/c1-2(12,13)3(14,15)4(16,17)5(18,19)6(20,21)7(22,23)8(24,25)9(26,27)10(28,29)11(30,31)32/h1H3. The summed E-state index contributed by atoms with van der Waals surface area (Å²) in [6.45, 7) is -1.40. The molecule has 0 unspecified atom stereocenters. The monoisotopic (exact) mass is 534 g/mol. The van der Waals surface area contributed by atoms with Crippen LogP contribution in [0, 0.1) is 0 Å². The van der Waals surface area contributed by atoms with E-state index in [2.05, 4.69) is 0 Å². The molecule has 0 atom stereocenters. The fraction of sp³-hybridized carbons (Fsp3) is 1.00. The summed E-state index contributed by atoms with van der Waals surface area (Å²) in [5, 5.41) is 0. The highest BCUT2D eigenvalue weighted by atomic mass is 19.4. The van der Waals surface area contributed by atoms with E-state index in [1.54, 1.807) is 0 Å². The minimum absolute atomic E-state index is 1.40. The smallest absolute Gasteiger partial charge is 0.200 e. The molecule has 32 heavy (non-hydrogen) atoms. The van der Waals surface area contributed by atoms with Crippen molar-refractivity contribution in [3.05, 3.63) is 0 Å². The topological polar surface area (TPSA) is 0 Å². The van der Waals surface area contributed by atoms with Crippen LogP contribution in [0.3, 0.4) is 0 Å². The molecule has 0 aliphatic carbocycles. The summed E-state index contributed by atoms with van der Waals surface area (Å²) in [7, 11) is 0. The molecule has 0 aromatic heterocycles. The first-order valence-electron chi connectivity index (χ1n) is 6.72. The third kappa shape index (κ3) is 3.42. The molecular formula is C11H3F21. The molecule has 0 aromatic carbocycles. The first kappa shape index (κ1) is 30.5. The van der Waals surface area contributed by atoms with Crippen LogP contribution >= 0.6 is 0 Å². The van der Waals surface area contributed by atoms with Crippen LogP contribution in [0.25, 0.3) is 0 Å². The molecule has 194 valence electrons. The zero-order valence-corrected chi connectivity index (χ0v) is 13.9. The molecule has 0 spiro atoms.